The van der Waals surface area contributed by atoms with Crippen molar-refractivity contribution < 1.29 is 9.90 Å². The summed E-state index contributed by atoms with van der Waals surface area (Å²) >= 11 is 11.9. The first-order valence-electron chi connectivity index (χ1n) is 5.45. The Bertz CT molecular complexity index is 440. The molecule has 0 bridgehead atoms. The smallest absolute Gasteiger partial charge is 0.305 e. The van der Waals surface area contributed by atoms with Crippen LogP contribution in [0.5, 0.6) is 0 Å². The third kappa shape index (κ3) is 4.98. The molecule has 1 aromatic carbocycles. The quantitative estimate of drug-likeness (QED) is 0.808. The molecule has 0 radical (unpaired) electrons. The lowest BCUT2D eigenvalue weighted by atomic mass is 10.2. The van der Waals surface area contributed by atoms with E-state index in [0.717, 1.165) is 11.3 Å². The Labute approximate surface area is 117 Å². The van der Waals surface area contributed by atoms with Gasteiger partial charge in [0.05, 0.1) is 6.42 Å². The van der Waals surface area contributed by atoms with Gasteiger partial charge in [-0.05, 0) is 25.1 Å². The first kappa shape index (κ1) is 14.9. The fourth-order valence-corrected chi connectivity index (χ4v) is 2.09. The lowest BCUT2D eigenvalue weighted by molar-refractivity contribution is -0.136. The first-order chi connectivity index (χ1) is 8.38. The molecule has 0 fully saturated rings. The summed E-state index contributed by atoms with van der Waals surface area (Å²) in [6.07, 6.45) is 0.0530. The molecule has 3 nitrogen and oxygen atoms in total. The number of hydrogen-bond donors (Lipinski definition) is 1. The van der Waals surface area contributed by atoms with Crippen LogP contribution in [0, 0.1) is 0 Å². The van der Waals surface area contributed by atoms with Crippen molar-refractivity contribution in [2.75, 3.05) is 18.0 Å². The van der Waals surface area contributed by atoms with Crippen LogP contribution in [0.4, 0.5) is 5.69 Å². The zero-order chi connectivity index (χ0) is 13.7. The average molecular weight is 288 g/mol. The van der Waals surface area contributed by atoms with Crippen LogP contribution in [0.15, 0.2) is 30.4 Å². The van der Waals surface area contributed by atoms with Crippen molar-refractivity contribution in [3.8, 4) is 0 Å². The van der Waals surface area contributed by atoms with E-state index in [1.165, 1.54) is 0 Å². The summed E-state index contributed by atoms with van der Waals surface area (Å²) < 4.78 is 0. The largest absolute Gasteiger partial charge is 0.481 e. The molecule has 0 saturated heterocycles. The maximum absolute atomic E-state index is 10.7. The fraction of sp³-hybridized carbons (Fsp3) is 0.308. The van der Waals surface area contributed by atoms with Crippen LogP contribution in [0.2, 0.25) is 10.0 Å². The summed E-state index contributed by atoms with van der Waals surface area (Å²) in [4.78, 5) is 12.6. The molecule has 0 saturated carbocycles. The second kappa shape index (κ2) is 6.66. The Morgan fingerprint density at radius 3 is 2.33 bits per heavy atom. The van der Waals surface area contributed by atoms with Gasteiger partial charge in [0.15, 0.2) is 0 Å². The molecule has 0 aliphatic carbocycles. The second-order valence-corrected chi connectivity index (χ2v) is 5.02. The third-order valence-electron chi connectivity index (χ3n) is 2.27. The molecule has 0 atom stereocenters. The molecular weight excluding hydrogens is 273 g/mol. The van der Waals surface area contributed by atoms with E-state index in [0.29, 0.717) is 23.1 Å². The third-order valence-corrected chi connectivity index (χ3v) is 2.71. The van der Waals surface area contributed by atoms with E-state index < -0.39 is 5.97 Å². The summed E-state index contributed by atoms with van der Waals surface area (Å²) in [5.74, 6) is -0.838. The molecule has 0 heterocycles. The van der Waals surface area contributed by atoms with Gasteiger partial charge in [0.25, 0.3) is 0 Å². The number of carboxylic acid groups (broad SMARTS) is 1. The Hall–Kier alpha value is -1.19. The molecule has 5 heteroatoms. The topological polar surface area (TPSA) is 40.5 Å². The Kier molecular flexibility index (Phi) is 5.51. The van der Waals surface area contributed by atoms with Gasteiger partial charge in [-0.15, -0.1) is 0 Å². The van der Waals surface area contributed by atoms with Crippen LogP contribution in [-0.2, 0) is 4.79 Å². The highest BCUT2D eigenvalue weighted by atomic mass is 35.5. The number of anilines is 1. The molecule has 0 amide bonds. The zero-order valence-electron chi connectivity index (χ0n) is 10.1. The van der Waals surface area contributed by atoms with Crippen LogP contribution < -0.4 is 4.90 Å². The lowest BCUT2D eigenvalue weighted by Gasteiger charge is -2.24. The highest BCUT2D eigenvalue weighted by Crippen LogP contribution is 2.26. The predicted molar refractivity (Wildman–Crippen MR) is 75.7 cm³/mol. The second-order valence-electron chi connectivity index (χ2n) is 4.15. The maximum Gasteiger partial charge on any atom is 0.305 e. The molecule has 98 valence electrons. The summed E-state index contributed by atoms with van der Waals surface area (Å²) in [6, 6.07) is 5.17. The van der Waals surface area contributed by atoms with Crippen molar-refractivity contribution in [3.63, 3.8) is 0 Å². The molecule has 0 aromatic heterocycles. The predicted octanol–water partition coefficient (Wildman–Crippen LogP) is 3.85. The standard InChI is InChI=1S/C13H15Cl2NO2/c1-9(2)8-16(4-3-13(17)18)12-6-10(14)5-11(15)7-12/h5-7H,1,3-4,8H2,2H3,(H,17,18). The van der Waals surface area contributed by atoms with Crippen LogP contribution in [0.25, 0.3) is 0 Å². The molecule has 1 aromatic rings. The molecule has 0 aliphatic heterocycles. The molecule has 18 heavy (non-hydrogen) atoms. The fourth-order valence-electron chi connectivity index (χ4n) is 1.58. The zero-order valence-corrected chi connectivity index (χ0v) is 11.6. The van der Waals surface area contributed by atoms with E-state index in [1.54, 1.807) is 18.2 Å². The van der Waals surface area contributed by atoms with Gasteiger partial charge in [-0.1, -0.05) is 35.4 Å². The number of carboxylic acids is 1. The maximum atomic E-state index is 10.7. The van der Waals surface area contributed by atoms with E-state index in [2.05, 4.69) is 6.58 Å². The van der Waals surface area contributed by atoms with Crippen LogP contribution in [0.1, 0.15) is 13.3 Å². The van der Waals surface area contributed by atoms with E-state index in [4.69, 9.17) is 28.3 Å². The molecular formula is C13H15Cl2NO2. The molecule has 0 spiro atoms. The van der Waals surface area contributed by atoms with Gasteiger partial charge in [-0.3, -0.25) is 4.79 Å². The van der Waals surface area contributed by atoms with Crippen LogP contribution >= 0.6 is 23.2 Å². The number of carbonyl (C=O) groups is 1. The van der Waals surface area contributed by atoms with E-state index in [-0.39, 0.29) is 6.42 Å². The summed E-state index contributed by atoms with van der Waals surface area (Å²) in [5, 5.41) is 9.81. The van der Waals surface area contributed by atoms with Gasteiger partial charge < -0.3 is 10.0 Å². The number of nitrogens with zero attached hydrogens (tertiary/aromatic N) is 1. The highest BCUT2D eigenvalue weighted by Gasteiger charge is 2.10. The Morgan fingerprint density at radius 2 is 1.89 bits per heavy atom. The van der Waals surface area contributed by atoms with E-state index in [9.17, 15) is 4.79 Å². The van der Waals surface area contributed by atoms with Crippen molar-refractivity contribution in [2.24, 2.45) is 0 Å². The molecule has 1 rings (SSSR count). The summed E-state index contributed by atoms with van der Waals surface area (Å²) in [6.45, 7) is 6.69. The van der Waals surface area contributed by atoms with Crippen molar-refractivity contribution in [3.05, 3.63) is 40.4 Å². The number of hydrogen-bond acceptors (Lipinski definition) is 2. The summed E-state index contributed by atoms with van der Waals surface area (Å²) in [7, 11) is 0. The highest BCUT2D eigenvalue weighted by molar-refractivity contribution is 6.35. The van der Waals surface area contributed by atoms with Gasteiger partial charge in [-0.2, -0.15) is 0 Å². The van der Waals surface area contributed by atoms with Gasteiger partial charge in [0, 0.05) is 28.8 Å². The van der Waals surface area contributed by atoms with Gasteiger partial charge >= 0.3 is 5.97 Å². The Balaban J connectivity index is 2.92. The average Bonchev–Trinajstić information content (AvgIpc) is 2.22. The SMILES string of the molecule is C=C(C)CN(CCC(=O)O)c1cc(Cl)cc(Cl)c1. The van der Waals surface area contributed by atoms with E-state index in [1.807, 2.05) is 11.8 Å². The number of halogens is 2. The Morgan fingerprint density at radius 1 is 1.33 bits per heavy atom. The van der Waals surface area contributed by atoms with Gasteiger partial charge in [-0.25, -0.2) is 0 Å². The lowest BCUT2D eigenvalue weighted by Crippen LogP contribution is -2.27. The normalized spacial score (nSPS) is 10.2. The molecule has 1 N–H and O–H groups in total. The number of benzene rings is 1. The molecule has 0 aliphatic rings. The van der Waals surface area contributed by atoms with Crippen molar-refractivity contribution >= 4 is 34.9 Å². The van der Waals surface area contributed by atoms with Crippen molar-refractivity contribution in [1.82, 2.24) is 0 Å². The summed E-state index contributed by atoms with van der Waals surface area (Å²) in [5.41, 5.74) is 1.74. The minimum absolute atomic E-state index is 0.0530. The van der Waals surface area contributed by atoms with Crippen LogP contribution in [-0.4, -0.2) is 24.2 Å². The van der Waals surface area contributed by atoms with Gasteiger partial charge in [0.1, 0.15) is 0 Å². The first-order valence-corrected chi connectivity index (χ1v) is 6.21. The van der Waals surface area contributed by atoms with Crippen LogP contribution in [0.3, 0.4) is 0 Å². The van der Waals surface area contributed by atoms with Gasteiger partial charge in [0.2, 0.25) is 0 Å². The monoisotopic (exact) mass is 287 g/mol. The van der Waals surface area contributed by atoms with Crippen molar-refractivity contribution in [1.29, 1.82) is 0 Å². The minimum atomic E-state index is -0.838. The number of aliphatic carboxylic acids is 1. The minimum Gasteiger partial charge on any atom is -0.481 e. The number of rotatable bonds is 6. The molecule has 0 unspecified atom stereocenters. The van der Waals surface area contributed by atoms with E-state index >= 15 is 0 Å². The van der Waals surface area contributed by atoms with Crippen molar-refractivity contribution in [2.45, 2.75) is 13.3 Å².